The minimum absolute atomic E-state index is 0.0359. The first-order chi connectivity index (χ1) is 10.8. The maximum Gasteiger partial charge on any atom is 0.341 e. The molecule has 124 valence electrons. The van der Waals surface area contributed by atoms with Crippen LogP contribution in [0.1, 0.15) is 25.5 Å². The molecular formula is C17H19F2NO2S. The zero-order chi connectivity index (χ0) is 17.0. The summed E-state index contributed by atoms with van der Waals surface area (Å²) in [4.78, 5) is -0.376. The molecule has 0 fully saturated rings. The van der Waals surface area contributed by atoms with Crippen molar-refractivity contribution in [3.05, 3.63) is 60.2 Å². The van der Waals surface area contributed by atoms with Gasteiger partial charge in [0.2, 0.25) is 9.84 Å². The van der Waals surface area contributed by atoms with Gasteiger partial charge in [-0.1, -0.05) is 44.2 Å². The second-order valence-electron chi connectivity index (χ2n) is 5.61. The van der Waals surface area contributed by atoms with Crippen LogP contribution in [0.2, 0.25) is 0 Å². The summed E-state index contributed by atoms with van der Waals surface area (Å²) >= 11 is 0. The van der Waals surface area contributed by atoms with Gasteiger partial charge in [-0.05, 0) is 35.7 Å². The number of sulfone groups is 1. The third-order valence-corrected chi connectivity index (χ3v) is 4.96. The molecule has 0 radical (unpaired) electrons. The molecule has 23 heavy (non-hydrogen) atoms. The van der Waals surface area contributed by atoms with Crippen LogP contribution in [0, 0.1) is 5.92 Å². The highest BCUT2D eigenvalue weighted by molar-refractivity contribution is 7.91. The quantitative estimate of drug-likeness (QED) is 0.843. The molecule has 3 nitrogen and oxygen atoms in total. The van der Waals surface area contributed by atoms with E-state index < -0.39 is 15.6 Å². The zero-order valence-corrected chi connectivity index (χ0v) is 13.7. The molecule has 0 aliphatic rings. The number of anilines is 1. The van der Waals surface area contributed by atoms with Crippen LogP contribution in [0.15, 0.2) is 59.5 Å². The van der Waals surface area contributed by atoms with Gasteiger partial charge in [0.25, 0.3) is 0 Å². The van der Waals surface area contributed by atoms with E-state index in [1.807, 2.05) is 30.3 Å². The number of hydrogen-bond acceptors (Lipinski definition) is 3. The molecule has 2 aromatic carbocycles. The van der Waals surface area contributed by atoms with Gasteiger partial charge in [0.1, 0.15) is 0 Å². The molecule has 0 bridgehead atoms. The molecule has 0 spiro atoms. The van der Waals surface area contributed by atoms with Gasteiger partial charge in [0.15, 0.2) is 0 Å². The zero-order valence-electron chi connectivity index (χ0n) is 12.9. The van der Waals surface area contributed by atoms with Crippen LogP contribution in [0.4, 0.5) is 14.5 Å². The topological polar surface area (TPSA) is 46.2 Å². The van der Waals surface area contributed by atoms with Crippen LogP contribution < -0.4 is 5.32 Å². The molecule has 0 heterocycles. The molecule has 0 saturated heterocycles. The summed E-state index contributed by atoms with van der Waals surface area (Å²) in [6.07, 6.45) is 0. The lowest BCUT2D eigenvalue weighted by Gasteiger charge is -2.24. The lowest BCUT2D eigenvalue weighted by Crippen LogP contribution is -2.17. The van der Waals surface area contributed by atoms with Crippen molar-refractivity contribution >= 4 is 15.5 Å². The van der Waals surface area contributed by atoms with Gasteiger partial charge in [0.05, 0.1) is 10.9 Å². The highest BCUT2D eigenvalue weighted by Gasteiger charge is 2.26. The lowest BCUT2D eigenvalue weighted by molar-refractivity contribution is 0.234. The van der Waals surface area contributed by atoms with E-state index in [-0.39, 0.29) is 10.9 Å². The van der Waals surface area contributed by atoms with E-state index in [2.05, 4.69) is 19.2 Å². The van der Waals surface area contributed by atoms with Gasteiger partial charge >= 0.3 is 5.76 Å². The minimum Gasteiger partial charge on any atom is -0.378 e. The highest BCUT2D eigenvalue weighted by Crippen LogP contribution is 2.27. The molecule has 0 saturated carbocycles. The van der Waals surface area contributed by atoms with Crippen LogP contribution in [-0.2, 0) is 9.84 Å². The summed E-state index contributed by atoms with van der Waals surface area (Å²) in [6.45, 7) is 4.14. The van der Waals surface area contributed by atoms with Crippen LogP contribution in [-0.4, -0.2) is 14.2 Å². The van der Waals surface area contributed by atoms with Crippen molar-refractivity contribution in [2.45, 2.75) is 30.5 Å². The van der Waals surface area contributed by atoms with Crippen molar-refractivity contribution in [1.29, 1.82) is 0 Å². The van der Waals surface area contributed by atoms with Crippen LogP contribution in [0.5, 0.6) is 0 Å². The first kappa shape index (κ1) is 17.4. The molecule has 0 amide bonds. The number of benzene rings is 2. The van der Waals surface area contributed by atoms with Crippen LogP contribution >= 0.6 is 0 Å². The van der Waals surface area contributed by atoms with Crippen molar-refractivity contribution in [2.24, 2.45) is 5.92 Å². The van der Waals surface area contributed by atoms with Gasteiger partial charge in [-0.15, -0.1) is 0 Å². The maximum absolute atomic E-state index is 12.5. The highest BCUT2D eigenvalue weighted by atomic mass is 32.2. The monoisotopic (exact) mass is 339 g/mol. The largest absolute Gasteiger partial charge is 0.378 e. The van der Waals surface area contributed by atoms with Gasteiger partial charge < -0.3 is 5.32 Å². The second-order valence-corrected chi connectivity index (χ2v) is 7.52. The Hall–Kier alpha value is -1.95. The third kappa shape index (κ3) is 4.07. The van der Waals surface area contributed by atoms with Gasteiger partial charge in [0, 0.05) is 5.69 Å². The fourth-order valence-corrected chi connectivity index (χ4v) is 3.04. The minimum atomic E-state index is -4.55. The Morgan fingerprint density at radius 1 is 0.913 bits per heavy atom. The molecule has 1 atom stereocenters. The molecule has 1 N–H and O–H groups in total. The van der Waals surface area contributed by atoms with Crippen molar-refractivity contribution < 1.29 is 17.2 Å². The molecule has 0 aliphatic carbocycles. The van der Waals surface area contributed by atoms with E-state index in [0.29, 0.717) is 11.6 Å². The maximum atomic E-state index is 12.5. The number of alkyl halides is 2. The van der Waals surface area contributed by atoms with E-state index in [4.69, 9.17) is 0 Å². The molecule has 0 aliphatic heterocycles. The van der Waals surface area contributed by atoms with E-state index in [0.717, 1.165) is 5.56 Å². The number of hydrogen-bond donors (Lipinski definition) is 1. The SMILES string of the molecule is CC(C)C(Nc1ccc(S(=O)(=O)C(F)F)cc1)c1ccccc1. The van der Waals surface area contributed by atoms with E-state index >= 15 is 0 Å². The van der Waals surface area contributed by atoms with E-state index in [9.17, 15) is 17.2 Å². The molecule has 2 aromatic rings. The molecular weight excluding hydrogens is 320 g/mol. The van der Waals surface area contributed by atoms with Crippen molar-refractivity contribution in [1.82, 2.24) is 0 Å². The van der Waals surface area contributed by atoms with E-state index in [1.54, 1.807) is 0 Å². The summed E-state index contributed by atoms with van der Waals surface area (Å²) in [7, 11) is -4.55. The predicted molar refractivity (Wildman–Crippen MR) is 87.3 cm³/mol. The van der Waals surface area contributed by atoms with Gasteiger partial charge in [-0.3, -0.25) is 0 Å². The Balaban J connectivity index is 2.23. The summed E-state index contributed by atoms with van der Waals surface area (Å²) < 4.78 is 47.9. The van der Waals surface area contributed by atoms with Crippen LogP contribution in [0.25, 0.3) is 0 Å². The van der Waals surface area contributed by atoms with Crippen molar-refractivity contribution in [2.75, 3.05) is 5.32 Å². The number of rotatable bonds is 6. The third-order valence-electron chi connectivity index (χ3n) is 3.56. The Labute approximate surface area is 135 Å². The Bertz CT molecular complexity index is 729. The average molecular weight is 339 g/mol. The molecule has 2 rings (SSSR count). The first-order valence-corrected chi connectivity index (χ1v) is 8.80. The summed E-state index contributed by atoms with van der Waals surface area (Å²) in [6, 6.07) is 15.3. The molecule has 6 heteroatoms. The van der Waals surface area contributed by atoms with Crippen molar-refractivity contribution in [3.63, 3.8) is 0 Å². The van der Waals surface area contributed by atoms with Gasteiger partial charge in [-0.2, -0.15) is 8.78 Å². The van der Waals surface area contributed by atoms with Crippen molar-refractivity contribution in [3.8, 4) is 0 Å². The Morgan fingerprint density at radius 3 is 1.96 bits per heavy atom. The summed E-state index contributed by atoms with van der Waals surface area (Å²) in [5.74, 6) is -3.11. The first-order valence-electron chi connectivity index (χ1n) is 7.26. The predicted octanol–water partition coefficient (Wildman–Crippen LogP) is 4.49. The van der Waals surface area contributed by atoms with Gasteiger partial charge in [-0.25, -0.2) is 8.42 Å². The summed E-state index contributed by atoms with van der Waals surface area (Å²) in [5.41, 5.74) is 1.78. The molecule has 1 unspecified atom stereocenters. The lowest BCUT2D eigenvalue weighted by atomic mass is 9.96. The fourth-order valence-electron chi connectivity index (χ4n) is 2.32. The van der Waals surface area contributed by atoms with Crippen LogP contribution in [0.3, 0.4) is 0 Å². The number of nitrogens with one attached hydrogen (secondary N) is 1. The average Bonchev–Trinajstić information content (AvgIpc) is 2.53. The molecule has 0 aromatic heterocycles. The normalized spacial score (nSPS) is 13.3. The fraction of sp³-hybridized carbons (Fsp3) is 0.294. The standard InChI is InChI=1S/C17H19F2NO2S/c1-12(2)16(13-6-4-3-5-7-13)20-14-8-10-15(11-9-14)23(21,22)17(18)19/h3-12,16-17,20H,1-2H3. The summed E-state index contributed by atoms with van der Waals surface area (Å²) in [5, 5.41) is 3.32. The Kier molecular flexibility index (Phi) is 5.36. The second kappa shape index (κ2) is 7.08. The van der Waals surface area contributed by atoms with E-state index in [1.165, 1.54) is 24.3 Å². The number of halogens is 2. The smallest absolute Gasteiger partial charge is 0.341 e. The Morgan fingerprint density at radius 2 is 1.48 bits per heavy atom.